The fourth-order valence-corrected chi connectivity index (χ4v) is 2.44. The summed E-state index contributed by atoms with van der Waals surface area (Å²) in [6.45, 7) is 4.37. The monoisotopic (exact) mass is 211 g/mol. The third-order valence-corrected chi connectivity index (χ3v) is 3.38. The summed E-state index contributed by atoms with van der Waals surface area (Å²) in [5.41, 5.74) is 5.81. The summed E-state index contributed by atoms with van der Waals surface area (Å²) in [4.78, 5) is 16.1. The second-order valence-electron chi connectivity index (χ2n) is 4.73. The lowest BCUT2D eigenvalue weighted by atomic mass is 10.1. The molecule has 15 heavy (non-hydrogen) atoms. The van der Waals surface area contributed by atoms with Crippen molar-refractivity contribution in [3.8, 4) is 0 Å². The molecule has 0 bridgehead atoms. The van der Waals surface area contributed by atoms with Gasteiger partial charge in [-0.25, -0.2) is 0 Å². The molecule has 0 saturated carbocycles. The average molecular weight is 211 g/mol. The second-order valence-corrected chi connectivity index (χ2v) is 4.73. The van der Waals surface area contributed by atoms with Crippen molar-refractivity contribution in [2.24, 2.45) is 5.73 Å². The number of hydrogen-bond donors (Lipinski definition) is 1. The van der Waals surface area contributed by atoms with Gasteiger partial charge in [-0.3, -0.25) is 9.69 Å². The minimum Gasteiger partial charge on any atom is -0.342 e. The van der Waals surface area contributed by atoms with Crippen LogP contribution < -0.4 is 5.73 Å². The smallest absolute Gasteiger partial charge is 0.236 e. The minimum atomic E-state index is 0.277. The molecular formula is C11H21N3O. The summed E-state index contributed by atoms with van der Waals surface area (Å²) in [7, 11) is 0. The Kier molecular flexibility index (Phi) is 3.59. The Labute approximate surface area is 91.4 Å². The maximum atomic E-state index is 11.9. The second kappa shape index (κ2) is 4.94. The van der Waals surface area contributed by atoms with Crippen molar-refractivity contribution in [3.63, 3.8) is 0 Å². The summed E-state index contributed by atoms with van der Waals surface area (Å²) in [5.74, 6) is 0.295. The van der Waals surface area contributed by atoms with Crippen LogP contribution in [-0.4, -0.2) is 54.5 Å². The number of hydrogen-bond acceptors (Lipinski definition) is 3. The number of nitrogens with zero attached hydrogens (tertiary/aromatic N) is 2. The van der Waals surface area contributed by atoms with Gasteiger partial charge in [-0.05, 0) is 25.7 Å². The highest BCUT2D eigenvalue weighted by molar-refractivity contribution is 5.78. The molecule has 0 radical (unpaired) electrons. The minimum absolute atomic E-state index is 0.277. The molecule has 0 aromatic carbocycles. The summed E-state index contributed by atoms with van der Waals surface area (Å²) >= 11 is 0. The van der Waals surface area contributed by atoms with E-state index in [1.807, 2.05) is 4.90 Å². The van der Waals surface area contributed by atoms with Gasteiger partial charge in [0.1, 0.15) is 0 Å². The van der Waals surface area contributed by atoms with Gasteiger partial charge in [0.25, 0.3) is 0 Å². The molecule has 0 aromatic heterocycles. The van der Waals surface area contributed by atoms with Crippen LogP contribution in [0.3, 0.4) is 0 Å². The van der Waals surface area contributed by atoms with Gasteiger partial charge in [-0.1, -0.05) is 0 Å². The van der Waals surface area contributed by atoms with Crippen molar-refractivity contribution in [2.45, 2.75) is 31.7 Å². The number of carbonyl (C=O) groups excluding carboxylic acids is 1. The first-order valence-corrected chi connectivity index (χ1v) is 6.01. The quantitative estimate of drug-likeness (QED) is 0.701. The van der Waals surface area contributed by atoms with Gasteiger partial charge in [0, 0.05) is 32.2 Å². The van der Waals surface area contributed by atoms with E-state index in [9.17, 15) is 4.79 Å². The topological polar surface area (TPSA) is 49.6 Å². The van der Waals surface area contributed by atoms with E-state index in [1.165, 1.54) is 19.3 Å². The number of nitrogens with two attached hydrogens (primary N) is 1. The molecular weight excluding hydrogens is 190 g/mol. The van der Waals surface area contributed by atoms with Crippen molar-refractivity contribution >= 4 is 5.91 Å². The fraction of sp³-hybridized carbons (Fsp3) is 0.909. The number of rotatable bonds is 2. The molecule has 2 aliphatic rings. The SMILES string of the molecule is N[C@H]1CCN(CC(=O)N2CCCCC2)C1. The van der Waals surface area contributed by atoms with E-state index < -0.39 is 0 Å². The van der Waals surface area contributed by atoms with Crippen molar-refractivity contribution in [3.05, 3.63) is 0 Å². The molecule has 2 aliphatic heterocycles. The molecule has 2 N–H and O–H groups in total. The normalized spacial score (nSPS) is 28.3. The molecule has 0 aliphatic carbocycles. The Morgan fingerprint density at radius 1 is 1.20 bits per heavy atom. The van der Waals surface area contributed by atoms with Crippen molar-refractivity contribution in [1.82, 2.24) is 9.80 Å². The van der Waals surface area contributed by atoms with Gasteiger partial charge < -0.3 is 10.6 Å². The first kappa shape index (κ1) is 10.9. The predicted octanol–water partition coefficient (Wildman–Crippen LogP) is 0.0319. The molecule has 0 aromatic rings. The molecule has 2 heterocycles. The first-order chi connectivity index (χ1) is 7.25. The van der Waals surface area contributed by atoms with E-state index >= 15 is 0 Å². The van der Waals surface area contributed by atoms with Gasteiger partial charge in [-0.15, -0.1) is 0 Å². The largest absolute Gasteiger partial charge is 0.342 e. The summed E-state index contributed by atoms with van der Waals surface area (Å²) < 4.78 is 0. The zero-order valence-electron chi connectivity index (χ0n) is 9.32. The fourth-order valence-electron chi connectivity index (χ4n) is 2.44. The number of likely N-dealkylation sites (tertiary alicyclic amines) is 2. The lowest BCUT2D eigenvalue weighted by molar-refractivity contribution is -0.133. The third kappa shape index (κ3) is 2.92. The molecule has 0 unspecified atom stereocenters. The molecule has 86 valence electrons. The summed E-state index contributed by atoms with van der Waals surface area (Å²) in [6.07, 6.45) is 4.65. The van der Waals surface area contributed by atoms with Crippen LogP contribution in [0.2, 0.25) is 0 Å². The van der Waals surface area contributed by atoms with Crippen molar-refractivity contribution in [1.29, 1.82) is 0 Å². The summed E-state index contributed by atoms with van der Waals surface area (Å²) in [6, 6.07) is 0.277. The van der Waals surface area contributed by atoms with Crippen LogP contribution in [-0.2, 0) is 4.79 Å². The van der Waals surface area contributed by atoms with Gasteiger partial charge in [0.05, 0.1) is 6.54 Å². The van der Waals surface area contributed by atoms with E-state index in [0.29, 0.717) is 12.5 Å². The third-order valence-electron chi connectivity index (χ3n) is 3.38. The maximum Gasteiger partial charge on any atom is 0.236 e. The van der Waals surface area contributed by atoms with Crippen molar-refractivity contribution in [2.75, 3.05) is 32.7 Å². The zero-order chi connectivity index (χ0) is 10.7. The highest BCUT2D eigenvalue weighted by Crippen LogP contribution is 2.11. The van der Waals surface area contributed by atoms with Crippen LogP contribution >= 0.6 is 0 Å². The van der Waals surface area contributed by atoms with E-state index in [1.54, 1.807) is 0 Å². The Hall–Kier alpha value is -0.610. The molecule has 1 atom stereocenters. The van der Waals surface area contributed by atoms with E-state index in [0.717, 1.165) is 32.6 Å². The standard InChI is InChI=1S/C11H21N3O/c12-10-4-7-13(8-10)9-11(15)14-5-2-1-3-6-14/h10H,1-9,12H2/t10-/m0/s1. The highest BCUT2D eigenvalue weighted by atomic mass is 16.2. The van der Waals surface area contributed by atoms with Gasteiger partial charge in [-0.2, -0.15) is 0 Å². The van der Waals surface area contributed by atoms with Gasteiger partial charge >= 0.3 is 0 Å². The lowest BCUT2D eigenvalue weighted by Crippen LogP contribution is -2.42. The van der Waals surface area contributed by atoms with Gasteiger partial charge in [0.15, 0.2) is 0 Å². The summed E-state index contributed by atoms with van der Waals surface area (Å²) in [5, 5.41) is 0. The van der Waals surface area contributed by atoms with Crippen LogP contribution in [0.1, 0.15) is 25.7 Å². The average Bonchev–Trinajstić information content (AvgIpc) is 2.65. The van der Waals surface area contributed by atoms with Crippen LogP contribution in [0.15, 0.2) is 0 Å². The molecule has 4 heteroatoms. The zero-order valence-corrected chi connectivity index (χ0v) is 9.32. The highest BCUT2D eigenvalue weighted by Gasteiger charge is 2.24. The van der Waals surface area contributed by atoms with E-state index in [-0.39, 0.29) is 6.04 Å². The Balaban J connectivity index is 1.76. The molecule has 1 amide bonds. The van der Waals surface area contributed by atoms with E-state index in [2.05, 4.69) is 4.90 Å². The maximum absolute atomic E-state index is 11.9. The number of carbonyl (C=O) groups is 1. The number of amides is 1. The van der Waals surface area contributed by atoms with E-state index in [4.69, 9.17) is 5.73 Å². The Morgan fingerprint density at radius 3 is 2.53 bits per heavy atom. The molecule has 0 spiro atoms. The van der Waals surface area contributed by atoms with Crippen LogP contribution in [0.5, 0.6) is 0 Å². The number of piperidine rings is 1. The molecule has 2 saturated heterocycles. The van der Waals surface area contributed by atoms with Crippen LogP contribution in [0.25, 0.3) is 0 Å². The van der Waals surface area contributed by atoms with Crippen LogP contribution in [0, 0.1) is 0 Å². The lowest BCUT2D eigenvalue weighted by Gasteiger charge is -2.28. The molecule has 2 fully saturated rings. The predicted molar refractivity (Wildman–Crippen MR) is 59.5 cm³/mol. The molecule has 2 rings (SSSR count). The Morgan fingerprint density at radius 2 is 1.93 bits per heavy atom. The Bertz CT molecular complexity index is 226. The van der Waals surface area contributed by atoms with Crippen LogP contribution in [0.4, 0.5) is 0 Å². The van der Waals surface area contributed by atoms with Gasteiger partial charge in [0.2, 0.25) is 5.91 Å². The molecule has 4 nitrogen and oxygen atoms in total. The first-order valence-electron chi connectivity index (χ1n) is 6.01. The van der Waals surface area contributed by atoms with Crippen molar-refractivity contribution < 1.29 is 4.79 Å².